The molecule has 2 aromatic carbocycles. The van der Waals surface area contributed by atoms with Crippen LogP contribution in [0.2, 0.25) is 0 Å². The lowest BCUT2D eigenvalue weighted by Crippen LogP contribution is -2.01. The normalized spacial score (nSPS) is 12.2. The molecule has 0 unspecified atom stereocenters. The lowest BCUT2D eigenvalue weighted by atomic mass is 10.1. The van der Waals surface area contributed by atoms with E-state index in [0.717, 1.165) is 15.6 Å². The maximum atomic E-state index is 9.73. The van der Waals surface area contributed by atoms with Crippen molar-refractivity contribution < 1.29 is 14.9 Å². The Bertz CT molecular complexity index is 550. The summed E-state index contributed by atoms with van der Waals surface area (Å²) in [6.45, 7) is 2.09. The lowest BCUT2D eigenvalue weighted by molar-refractivity contribution is 0.190. The summed E-state index contributed by atoms with van der Waals surface area (Å²) >= 11 is 3.37. The molecule has 0 bridgehead atoms. The highest BCUT2D eigenvalue weighted by atomic mass is 79.9. The zero-order valence-electron chi connectivity index (χ0n) is 10.5. The van der Waals surface area contributed by atoms with Gasteiger partial charge in [0.1, 0.15) is 18.1 Å². The zero-order valence-corrected chi connectivity index (χ0v) is 12.1. The minimum atomic E-state index is -0.590. The number of aromatic hydroxyl groups is 1. The van der Waals surface area contributed by atoms with Crippen LogP contribution in [0.5, 0.6) is 11.5 Å². The number of aliphatic hydroxyl groups excluding tert-OH is 1. The molecule has 0 amide bonds. The summed E-state index contributed by atoms with van der Waals surface area (Å²) in [6, 6.07) is 12.4. The fraction of sp³-hybridized carbons (Fsp3) is 0.200. The SMILES string of the molecule is C[C@@H](O)c1cc(Br)ccc1OCc1ccc(O)cc1. The first-order valence-electron chi connectivity index (χ1n) is 5.94. The Kier molecular flexibility index (Phi) is 4.45. The van der Waals surface area contributed by atoms with E-state index in [2.05, 4.69) is 15.9 Å². The van der Waals surface area contributed by atoms with Crippen molar-refractivity contribution in [3.63, 3.8) is 0 Å². The van der Waals surface area contributed by atoms with E-state index in [1.807, 2.05) is 18.2 Å². The first-order chi connectivity index (χ1) is 9.06. The van der Waals surface area contributed by atoms with Crippen molar-refractivity contribution in [2.24, 2.45) is 0 Å². The van der Waals surface area contributed by atoms with Gasteiger partial charge in [0.15, 0.2) is 0 Å². The molecule has 2 N–H and O–H groups in total. The third-order valence-corrected chi connectivity index (χ3v) is 3.25. The lowest BCUT2D eigenvalue weighted by Gasteiger charge is -2.14. The molecule has 2 aromatic rings. The Morgan fingerprint density at radius 1 is 1.16 bits per heavy atom. The van der Waals surface area contributed by atoms with E-state index in [1.165, 1.54) is 0 Å². The van der Waals surface area contributed by atoms with Gasteiger partial charge in [0.05, 0.1) is 6.10 Å². The highest BCUT2D eigenvalue weighted by molar-refractivity contribution is 9.10. The Morgan fingerprint density at radius 3 is 2.47 bits per heavy atom. The van der Waals surface area contributed by atoms with Crippen LogP contribution in [0.4, 0.5) is 0 Å². The molecule has 0 aliphatic rings. The second-order valence-electron chi connectivity index (χ2n) is 4.31. The van der Waals surface area contributed by atoms with Crippen LogP contribution < -0.4 is 4.74 Å². The van der Waals surface area contributed by atoms with E-state index >= 15 is 0 Å². The molecule has 0 heterocycles. The average Bonchev–Trinajstić information content (AvgIpc) is 2.39. The van der Waals surface area contributed by atoms with E-state index in [-0.39, 0.29) is 5.75 Å². The number of phenolic OH excluding ortho intramolecular Hbond substituents is 1. The molecule has 1 atom stereocenters. The summed E-state index contributed by atoms with van der Waals surface area (Å²) in [5.74, 6) is 0.892. The number of benzene rings is 2. The highest BCUT2D eigenvalue weighted by Gasteiger charge is 2.10. The molecule has 0 spiro atoms. The molecule has 0 saturated heterocycles. The van der Waals surface area contributed by atoms with Gasteiger partial charge in [-0.3, -0.25) is 0 Å². The van der Waals surface area contributed by atoms with Gasteiger partial charge in [-0.25, -0.2) is 0 Å². The summed E-state index contributed by atoms with van der Waals surface area (Å²) < 4.78 is 6.62. The van der Waals surface area contributed by atoms with Gasteiger partial charge in [0.25, 0.3) is 0 Å². The van der Waals surface area contributed by atoms with Gasteiger partial charge in [-0.1, -0.05) is 28.1 Å². The van der Waals surface area contributed by atoms with Crippen molar-refractivity contribution in [3.05, 3.63) is 58.1 Å². The minimum Gasteiger partial charge on any atom is -0.508 e. The fourth-order valence-electron chi connectivity index (χ4n) is 1.73. The first kappa shape index (κ1) is 13.9. The number of aliphatic hydroxyl groups is 1. The highest BCUT2D eigenvalue weighted by Crippen LogP contribution is 2.29. The molecule has 100 valence electrons. The van der Waals surface area contributed by atoms with Crippen molar-refractivity contribution in [2.75, 3.05) is 0 Å². The number of hydrogen-bond donors (Lipinski definition) is 2. The van der Waals surface area contributed by atoms with Crippen molar-refractivity contribution in [2.45, 2.75) is 19.6 Å². The van der Waals surface area contributed by atoms with Crippen molar-refractivity contribution in [3.8, 4) is 11.5 Å². The predicted molar refractivity (Wildman–Crippen MR) is 77.2 cm³/mol. The molecule has 2 rings (SSSR count). The molecule has 0 aliphatic carbocycles. The van der Waals surface area contributed by atoms with Crippen LogP contribution >= 0.6 is 15.9 Å². The Hall–Kier alpha value is -1.52. The largest absolute Gasteiger partial charge is 0.508 e. The molecular formula is C15H15BrO3. The molecule has 0 aliphatic heterocycles. The second kappa shape index (κ2) is 6.08. The molecule has 4 heteroatoms. The van der Waals surface area contributed by atoms with Gasteiger partial charge in [0, 0.05) is 10.0 Å². The Labute approximate surface area is 120 Å². The number of phenols is 1. The van der Waals surface area contributed by atoms with Crippen LogP contribution in [0.25, 0.3) is 0 Å². The van der Waals surface area contributed by atoms with Crippen LogP contribution in [0.1, 0.15) is 24.2 Å². The topological polar surface area (TPSA) is 49.7 Å². The van der Waals surface area contributed by atoms with E-state index in [4.69, 9.17) is 4.74 Å². The third kappa shape index (κ3) is 3.72. The summed E-state index contributed by atoms with van der Waals surface area (Å²) in [4.78, 5) is 0. The third-order valence-electron chi connectivity index (χ3n) is 2.75. The van der Waals surface area contributed by atoms with Gasteiger partial charge < -0.3 is 14.9 Å². The summed E-state index contributed by atoms with van der Waals surface area (Å²) in [5, 5.41) is 18.9. The smallest absolute Gasteiger partial charge is 0.125 e. The van der Waals surface area contributed by atoms with Crippen molar-refractivity contribution in [1.29, 1.82) is 0 Å². The van der Waals surface area contributed by atoms with Crippen LogP contribution in [0.3, 0.4) is 0 Å². The second-order valence-corrected chi connectivity index (χ2v) is 5.23. The Balaban J connectivity index is 2.13. The van der Waals surface area contributed by atoms with Gasteiger partial charge in [-0.2, -0.15) is 0 Å². The maximum Gasteiger partial charge on any atom is 0.125 e. The molecule has 0 aromatic heterocycles. The van der Waals surface area contributed by atoms with E-state index in [9.17, 15) is 10.2 Å². The van der Waals surface area contributed by atoms with E-state index in [1.54, 1.807) is 31.2 Å². The molecule has 19 heavy (non-hydrogen) atoms. The zero-order chi connectivity index (χ0) is 13.8. The number of ether oxygens (including phenoxy) is 1. The standard InChI is InChI=1S/C15H15BrO3/c1-10(17)14-8-12(16)4-7-15(14)19-9-11-2-5-13(18)6-3-11/h2-8,10,17-18H,9H2,1H3/t10-/m1/s1. The number of halogens is 1. The summed E-state index contributed by atoms with van der Waals surface area (Å²) in [6.07, 6.45) is -0.590. The summed E-state index contributed by atoms with van der Waals surface area (Å²) in [5.41, 5.74) is 1.70. The molecule has 0 saturated carbocycles. The fourth-order valence-corrected chi connectivity index (χ4v) is 2.11. The summed E-state index contributed by atoms with van der Waals surface area (Å²) in [7, 11) is 0. The Morgan fingerprint density at radius 2 is 1.84 bits per heavy atom. The minimum absolute atomic E-state index is 0.233. The molecule has 0 radical (unpaired) electrons. The van der Waals surface area contributed by atoms with Crippen molar-refractivity contribution in [1.82, 2.24) is 0 Å². The average molecular weight is 323 g/mol. The molecule has 0 fully saturated rings. The predicted octanol–water partition coefficient (Wildman–Crippen LogP) is 3.79. The quantitative estimate of drug-likeness (QED) is 0.900. The van der Waals surface area contributed by atoms with E-state index in [0.29, 0.717) is 12.4 Å². The number of hydrogen-bond acceptors (Lipinski definition) is 3. The van der Waals surface area contributed by atoms with Crippen LogP contribution in [-0.4, -0.2) is 10.2 Å². The van der Waals surface area contributed by atoms with Crippen LogP contribution in [0.15, 0.2) is 46.9 Å². The van der Waals surface area contributed by atoms with Gasteiger partial charge >= 0.3 is 0 Å². The van der Waals surface area contributed by atoms with E-state index < -0.39 is 6.10 Å². The van der Waals surface area contributed by atoms with Crippen LogP contribution in [0, 0.1) is 0 Å². The molecule has 3 nitrogen and oxygen atoms in total. The van der Waals surface area contributed by atoms with Crippen LogP contribution in [-0.2, 0) is 6.61 Å². The molecular weight excluding hydrogens is 308 g/mol. The maximum absolute atomic E-state index is 9.73. The van der Waals surface area contributed by atoms with Gasteiger partial charge in [0.2, 0.25) is 0 Å². The first-order valence-corrected chi connectivity index (χ1v) is 6.74. The van der Waals surface area contributed by atoms with Gasteiger partial charge in [-0.05, 0) is 42.8 Å². The van der Waals surface area contributed by atoms with Gasteiger partial charge in [-0.15, -0.1) is 0 Å². The monoisotopic (exact) mass is 322 g/mol. The van der Waals surface area contributed by atoms with Crippen molar-refractivity contribution >= 4 is 15.9 Å². The number of rotatable bonds is 4.